The summed E-state index contributed by atoms with van der Waals surface area (Å²) >= 11 is 6.98. The Morgan fingerprint density at radius 1 is 1.17 bits per heavy atom. The number of nitrogens with zero attached hydrogens (tertiary/aromatic N) is 2. The molecule has 2 aromatic carbocycles. The highest BCUT2D eigenvalue weighted by molar-refractivity contribution is 7.99. The third-order valence-corrected chi connectivity index (χ3v) is 4.06. The first kappa shape index (κ1) is 15.6. The van der Waals surface area contributed by atoms with Gasteiger partial charge in [-0.25, -0.2) is 0 Å². The number of rotatable bonds is 5. The molecule has 5 nitrogen and oxygen atoms in total. The summed E-state index contributed by atoms with van der Waals surface area (Å²) in [4.78, 5) is 12.0. The summed E-state index contributed by atoms with van der Waals surface area (Å²) in [6.45, 7) is 0. The van der Waals surface area contributed by atoms with Crippen LogP contribution in [0.1, 0.15) is 10.4 Å². The lowest BCUT2D eigenvalue weighted by Crippen LogP contribution is -2.01. The van der Waals surface area contributed by atoms with Crippen LogP contribution in [0, 0.1) is 0 Å². The number of aromatic hydroxyl groups is 1. The number of Topliss-reactive ketones (excluding diaryl/α,β-unsaturated/α-hetero) is 1. The SMILES string of the molecule is O=C(CSc1nnc(-c2ccc(Cl)cc2)o1)c1cccc(O)c1. The van der Waals surface area contributed by atoms with E-state index in [1.54, 1.807) is 36.4 Å². The van der Waals surface area contributed by atoms with E-state index in [1.165, 1.54) is 12.1 Å². The lowest BCUT2D eigenvalue weighted by atomic mass is 10.1. The first-order valence-electron chi connectivity index (χ1n) is 6.66. The van der Waals surface area contributed by atoms with Gasteiger partial charge in [-0.05, 0) is 36.4 Å². The van der Waals surface area contributed by atoms with Gasteiger partial charge in [0.1, 0.15) is 5.75 Å². The number of halogens is 1. The summed E-state index contributed by atoms with van der Waals surface area (Å²) in [6, 6.07) is 13.2. The highest BCUT2D eigenvalue weighted by Gasteiger charge is 2.12. The summed E-state index contributed by atoms with van der Waals surface area (Å²) in [5.41, 5.74) is 1.20. The topological polar surface area (TPSA) is 76.2 Å². The number of hydrogen-bond acceptors (Lipinski definition) is 6. The highest BCUT2D eigenvalue weighted by atomic mass is 35.5. The van der Waals surface area contributed by atoms with Crippen LogP contribution in [0.5, 0.6) is 5.75 Å². The minimum Gasteiger partial charge on any atom is -0.508 e. The fraction of sp³-hybridized carbons (Fsp3) is 0.0625. The molecule has 7 heteroatoms. The van der Waals surface area contributed by atoms with Crippen molar-refractivity contribution >= 4 is 29.1 Å². The van der Waals surface area contributed by atoms with Crippen LogP contribution >= 0.6 is 23.4 Å². The van der Waals surface area contributed by atoms with Crippen molar-refractivity contribution in [2.45, 2.75) is 5.22 Å². The van der Waals surface area contributed by atoms with Gasteiger partial charge in [-0.2, -0.15) is 0 Å². The van der Waals surface area contributed by atoms with Crippen molar-refractivity contribution < 1.29 is 14.3 Å². The largest absolute Gasteiger partial charge is 0.508 e. The van der Waals surface area contributed by atoms with Gasteiger partial charge in [-0.15, -0.1) is 10.2 Å². The maximum absolute atomic E-state index is 12.0. The first-order chi connectivity index (χ1) is 11.1. The zero-order chi connectivity index (χ0) is 16.2. The van der Waals surface area contributed by atoms with Crippen LogP contribution in [-0.2, 0) is 0 Å². The van der Waals surface area contributed by atoms with Gasteiger partial charge in [0.25, 0.3) is 5.22 Å². The van der Waals surface area contributed by atoms with E-state index in [2.05, 4.69) is 10.2 Å². The molecule has 0 spiro atoms. The van der Waals surface area contributed by atoms with Crippen LogP contribution in [-0.4, -0.2) is 26.8 Å². The van der Waals surface area contributed by atoms with Crippen molar-refractivity contribution in [2.75, 3.05) is 5.75 Å². The van der Waals surface area contributed by atoms with E-state index < -0.39 is 0 Å². The van der Waals surface area contributed by atoms with Crippen LogP contribution in [0.3, 0.4) is 0 Å². The van der Waals surface area contributed by atoms with E-state index in [-0.39, 0.29) is 17.3 Å². The smallest absolute Gasteiger partial charge is 0.277 e. The van der Waals surface area contributed by atoms with Gasteiger partial charge in [-0.1, -0.05) is 35.5 Å². The molecule has 3 rings (SSSR count). The predicted octanol–water partition coefficient (Wildman–Crippen LogP) is 4.07. The monoisotopic (exact) mass is 346 g/mol. The van der Waals surface area contributed by atoms with Gasteiger partial charge >= 0.3 is 0 Å². The standard InChI is InChI=1S/C16H11ClN2O3S/c17-12-6-4-10(5-7-12)15-18-19-16(22-15)23-9-14(21)11-2-1-3-13(20)8-11/h1-8,20H,9H2. The normalized spacial score (nSPS) is 10.7. The molecule has 0 saturated carbocycles. The van der Waals surface area contributed by atoms with Crippen LogP contribution in [0.25, 0.3) is 11.5 Å². The Labute approximate surface area is 141 Å². The van der Waals surface area contributed by atoms with Crippen LogP contribution in [0.15, 0.2) is 58.2 Å². The second-order valence-corrected chi connectivity index (χ2v) is 6.01. The molecule has 0 radical (unpaired) electrons. The van der Waals surface area contributed by atoms with Crippen molar-refractivity contribution in [3.05, 3.63) is 59.1 Å². The number of phenolic OH excluding ortho intramolecular Hbond substituents is 1. The quantitative estimate of drug-likeness (QED) is 0.554. The summed E-state index contributed by atoms with van der Waals surface area (Å²) in [5, 5.41) is 18.2. The molecule has 0 saturated heterocycles. The molecule has 0 atom stereocenters. The molecule has 3 aromatic rings. The molecule has 0 aliphatic heterocycles. The molecule has 1 aromatic heterocycles. The lowest BCUT2D eigenvalue weighted by molar-refractivity contribution is 0.102. The average molecular weight is 347 g/mol. The number of carbonyl (C=O) groups excluding carboxylic acids is 1. The van der Waals surface area contributed by atoms with Crippen molar-refractivity contribution in [3.63, 3.8) is 0 Å². The maximum Gasteiger partial charge on any atom is 0.277 e. The Kier molecular flexibility index (Phi) is 4.64. The summed E-state index contributed by atoms with van der Waals surface area (Å²) < 4.78 is 5.52. The number of hydrogen-bond donors (Lipinski definition) is 1. The average Bonchev–Trinajstić information content (AvgIpc) is 3.02. The zero-order valence-corrected chi connectivity index (χ0v) is 13.3. The van der Waals surface area contributed by atoms with E-state index in [0.29, 0.717) is 21.7 Å². The third kappa shape index (κ3) is 3.91. The van der Waals surface area contributed by atoms with E-state index in [9.17, 15) is 9.90 Å². The van der Waals surface area contributed by atoms with Crippen molar-refractivity contribution in [1.82, 2.24) is 10.2 Å². The van der Waals surface area contributed by atoms with Crippen molar-refractivity contribution in [1.29, 1.82) is 0 Å². The second kappa shape index (κ2) is 6.85. The van der Waals surface area contributed by atoms with Gasteiger partial charge in [0.05, 0.1) is 5.75 Å². The number of benzene rings is 2. The molecular formula is C16H11ClN2O3S. The van der Waals surface area contributed by atoms with Gasteiger partial charge in [0, 0.05) is 16.1 Å². The molecule has 116 valence electrons. The highest BCUT2D eigenvalue weighted by Crippen LogP contribution is 2.25. The number of phenols is 1. The second-order valence-electron chi connectivity index (χ2n) is 4.64. The van der Waals surface area contributed by atoms with E-state index in [4.69, 9.17) is 16.0 Å². The molecule has 0 aliphatic carbocycles. The number of thioether (sulfide) groups is 1. The number of carbonyl (C=O) groups is 1. The minimum absolute atomic E-state index is 0.0589. The van der Waals surface area contributed by atoms with Crippen LogP contribution in [0.2, 0.25) is 5.02 Å². The fourth-order valence-corrected chi connectivity index (χ4v) is 2.65. The van der Waals surface area contributed by atoms with E-state index in [0.717, 1.165) is 17.3 Å². The van der Waals surface area contributed by atoms with Gasteiger partial charge in [0.15, 0.2) is 5.78 Å². The number of ketones is 1. The fourth-order valence-electron chi connectivity index (χ4n) is 1.87. The minimum atomic E-state index is -0.128. The number of aromatic nitrogens is 2. The molecule has 0 amide bonds. The summed E-state index contributed by atoms with van der Waals surface area (Å²) in [7, 11) is 0. The Morgan fingerprint density at radius 3 is 2.70 bits per heavy atom. The van der Waals surface area contributed by atoms with Crippen LogP contribution < -0.4 is 0 Å². The van der Waals surface area contributed by atoms with Crippen LogP contribution in [0.4, 0.5) is 0 Å². The first-order valence-corrected chi connectivity index (χ1v) is 8.02. The molecule has 23 heavy (non-hydrogen) atoms. The molecule has 0 unspecified atom stereocenters. The third-order valence-electron chi connectivity index (χ3n) is 2.99. The Morgan fingerprint density at radius 2 is 1.96 bits per heavy atom. The molecule has 0 fully saturated rings. The Hall–Kier alpha value is -2.31. The molecule has 1 heterocycles. The summed E-state index contributed by atoms with van der Waals surface area (Å²) in [6.07, 6.45) is 0. The van der Waals surface area contributed by atoms with Gasteiger partial charge < -0.3 is 9.52 Å². The van der Waals surface area contributed by atoms with Gasteiger partial charge in [-0.3, -0.25) is 4.79 Å². The van der Waals surface area contributed by atoms with Crippen molar-refractivity contribution in [3.8, 4) is 17.2 Å². The summed E-state index contributed by atoms with van der Waals surface area (Å²) in [5.74, 6) is 0.445. The molecule has 0 bridgehead atoms. The molecular weight excluding hydrogens is 336 g/mol. The van der Waals surface area contributed by atoms with Crippen molar-refractivity contribution in [2.24, 2.45) is 0 Å². The molecule has 1 N–H and O–H groups in total. The predicted molar refractivity (Wildman–Crippen MR) is 87.9 cm³/mol. The Bertz CT molecular complexity index is 833. The lowest BCUT2D eigenvalue weighted by Gasteiger charge is -1.99. The Balaban J connectivity index is 1.65. The van der Waals surface area contributed by atoms with Gasteiger partial charge in [0.2, 0.25) is 5.89 Å². The zero-order valence-electron chi connectivity index (χ0n) is 11.8. The maximum atomic E-state index is 12.0. The molecule has 0 aliphatic rings. The van der Waals surface area contributed by atoms with E-state index >= 15 is 0 Å². The van der Waals surface area contributed by atoms with E-state index in [1.807, 2.05) is 0 Å².